The summed E-state index contributed by atoms with van der Waals surface area (Å²) < 4.78 is 2.17. The predicted molar refractivity (Wildman–Crippen MR) is 142 cm³/mol. The van der Waals surface area contributed by atoms with Crippen LogP contribution < -0.4 is 0 Å². The van der Waals surface area contributed by atoms with Gasteiger partial charge in [0, 0.05) is 21.9 Å². The molecule has 6 rings (SSSR count). The summed E-state index contributed by atoms with van der Waals surface area (Å²) in [4.78, 5) is 27.1. The number of para-hydroxylation sites is 1. The number of nitriles is 1. The highest BCUT2D eigenvalue weighted by atomic mass is 15.0. The van der Waals surface area contributed by atoms with Gasteiger partial charge in [-0.05, 0) is 58.0 Å². The molecule has 0 aliphatic carbocycles. The van der Waals surface area contributed by atoms with E-state index in [-0.39, 0.29) is 0 Å². The van der Waals surface area contributed by atoms with Crippen LogP contribution in [0.2, 0.25) is 0 Å². The van der Waals surface area contributed by atoms with E-state index in [1.165, 1.54) is 0 Å². The van der Waals surface area contributed by atoms with Gasteiger partial charge in [0.1, 0.15) is 23.3 Å². The second-order valence-corrected chi connectivity index (χ2v) is 8.94. The maximum Gasteiger partial charge on any atom is 0.165 e. The van der Waals surface area contributed by atoms with Gasteiger partial charge in [-0.3, -0.25) is 0 Å². The molecule has 0 atom stereocenters. The van der Waals surface area contributed by atoms with Gasteiger partial charge in [-0.2, -0.15) is 5.26 Å². The van der Waals surface area contributed by atoms with E-state index in [0.717, 1.165) is 38.6 Å². The molecule has 3 aromatic carbocycles. The lowest BCUT2D eigenvalue weighted by atomic mass is 10.1. The van der Waals surface area contributed by atoms with Crippen LogP contribution in [0.4, 0.5) is 0 Å². The van der Waals surface area contributed by atoms with Crippen molar-refractivity contribution in [2.24, 2.45) is 0 Å². The normalized spacial score (nSPS) is 11.2. The zero-order valence-electron chi connectivity index (χ0n) is 20.9. The minimum Gasteiger partial charge on any atom is -0.308 e. The molecule has 0 unspecified atom stereocenters. The third-order valence-electron chi connectivity index (χ3n) is 6.26. The fourth-order valence-corrected chi connectivity index (χ4v) is 4.83. The van der Waals surface area contributed by atoms with E-state index in [1.54, 1.807) is 6.07 Å². The summed E-state index contributed by atoms with van der Waals surface area (Å²) in [6.45, 7) is 7.44. The summed E-state index contributed by atoms with van der Waals surface area (Å²) >= 11 is 0. The second-order valence-electron chi connectivity index (χ2n) is 8.94. The maximum atomic E-state index is 9.76. The Morgan fingerprint density at radius 1 is 0.622 bits per heavy atom. The van der Waals surface area contributed by atoms with Crippen molar-refractivity contribution in [1.29, 1.82) is 5.26 Å². The van der Waals surface area contributed by atoms with Gasteiger partial charge in [0.05, 0.1) is 28.4 Å². The van der Waals surface area contributed by atoms with Crippen LogP contribution in [0.15, 0.2) is 60.7 Å². The van der Waals surface area contributed by atoms with Crippen molar-refractivity contribution in [3.8, 4) is 34.5 Å². The highest BCUT2D eigenvalue weighted by molar-refractivity contribution is 6.10. The molecule has 0 aliphatic heterocycles. The smallest absolute Gasteiger partial charge is 0.165 e. The topological polar surface area (TPSA) is 106 Å². The number of nitrogens with zero attached hydrogens (tertiary/aromatic N) is 8. The quantitative estimate of drug-likeness (QED) is 0.323. The number of aromatic nitrogens is 7. The van der Waals surface area contributed by atoms with E-state index in [9.17, 15) is 5.26 Å². The first-order valence-corrected chi connectivity index (χ1v) is 11.9. The zero-order chi connectivity index (χ0) is 25.7. The van der Waals surface area contributed by atoms with Gasteiger partial charge in [-0.15, -0.1) is 0 Å². The first-order chi connectivity index (χ1) is 17.9. The summed E-state index contributed by atoms with van der Waals surface area (Å²) in [7, 11) is 0. The minimum absolute atomic E-state index is 0.548. The van der Waals surface area contributed by atoms with Crippen LogP contribution >= 0.6 is 0 Å². The Kier molecular flexibility index (Phi) is 5.20. The number of hydrogen-bond acceptors (Lipinski definition) is 7. The molecule has 3 aromatic heterocycles. The molecule has 0 N–H and O–H groups in total. The van der Waals surface area contributed by atoms with E-state index >= 15 is 0 Å². The predicted octanol–water partition coefficient (Wildman–Crippen LogP) is 5.59. The lowest BCUT2D eigenvalue weighted by Gasteiger charge is -2.14. The molecule has 0 aliphatic rings. The average molecular weight is 483 g/mol. The Labute approximate surface area is 213 Å². The molecular weight excluding hydrogens is 460 g/mol. The number of rotatable bonds is 3. The molecule has 37 heavy (non-hydrogen) atoms. The van der Waals surface area contributed by atoms with Crippen molar-refractivity contribution in [1.82, 2.24) is 34.5 Å². The Hall–Kier alpha value is -5.03. The molecule has 0 saturated heterocycles. The third-order valence-corrected chi connectivity index (χ3v) is 6.26. The lowest BCUT2D eigenvalue weighted by Crippen LogP contribution is -2.04. The molecule has 8 heteroatoms. The van der Waals surface area contributed by atoms with Crippen molar-refractivity contribution in [2.45, 2.75) is 27.7 Å². The van der Waals surface area contributed by atoms with Crippen LogP contribution in [0.5, 0.6) is 0 Å². The van der Waals surface area contributed by atoms with Gasteiger partial charge in [0.2, 0.25) is 0 Å². The van der Waals surface area contributed by atoms with Gasteiger partial charge in [0.25, 0.3) is 0 Å². The molecule has 6 aromatic rings. The number of hydrogen-bond donors (Lipinski definition) is 0. The fourth-order valence-electron chi connectivity index (χ4n) is 4.83. The van der Waals surface area contributed by atoms with Gasteiger partial charge in [-0.1, -0.05) is 30.3 Å². The van der Waals surface area contributed by atoms with Crippen molar-refractivity contribution in [2.75, 3.05) is 0 Å². The van der Waals surface area contributed by atoms with Crippen molar-refractivity contribution in [3.63, 3.8) is 0 Å². The van der Waals surface area contributed by atoms with Crippen LogP contribution in [0.25, 0.3) is 50.3 Å². The SMILES string of the molecule is Cc1nc(C)nc(-c2ccc3c4ccccc4n(-c4cc(C#N)ccc4-c4nc(C)nc(C)n4)c3c2)n1. The van der Waals surface area contributed by atoms with Crippen molar-refractivity contribution >= 4 is 21.8 Å². The number of aryl methyl sites for hydroxylation is 4. The van der Waals surface area contributed by atoms with Crippen LogP contribution in [-0.4, -0.2) is 34.5 Å². The van der Waals surface area contributed by atoms with Crippen LogP contribution in [-0.2, 0) is 0 Å². The summed E-state index contributed by atoms with van der Waals surface area (Å²) in [5.41, 5.74) is 5.04. The monoisotopic (exact) mass is 482 g/mol. The Morgan fingerprint density at radius 3 is 1.92 bits per heavy atom. The van der Waals surface area contributed by atoms with Gasteiger partial charge >= 0.3 is 0 Å². The van der Waals surface area contributed by atoms with Crippen LogP contribution in [0.1, 0.15) is 28.9 Å². The average Bonchev–Trinajstić information content (AvgIpc) is 3.20. The van der Waals surface area contributed by atoms with E-state index < -0.39 is 0 Å². The number of fused-ring (bicyclic) bond motifs is 3. The Bertz CT molecular complexity index is 1850. The molecule has 0 bridgehead atoms. The summed E-state index contributed by atoms with van der Waals surface area (Å²) in [6, 6.07) is 22.3. The zero-order valence-corrected chi connectivity index (χ0v) is 20.9. The molecule has 3 heterocycles. The Morgan fingerprint density at radius 2 is 1.24 bits per heavy atom. The van der Waals surface area contributed by atoms with Crippen LogP contribution in [0, 0.1) is 39.0 Å². The largest absolute Gasteiger partial charge is 0.308 e. The molecule has 0 radical (unpaired) electrons. The molecule has 8 nitrogen and oxygen atoms in total. The molecular formula is C29H22N8. The van der Waals surface area contributed by atoms with Crippen molar-refractivity contribution < 1.29 is 0 Å². The summed E-state index contributed by atoms with van der Waals surface area (Å²) in [6.07, 6.45) is 0. The Balaban J connectivity index is 1.71. The maximum absolute atomic E-state index is 9.76. The van der Waals surface area contributed by atoms with E-state index in [4.69, 9.17) is 0 Å². The highest BCUT2D eigenvalue weighted by Crippen LogP contribution is 2.37. The third kappa shape index (κ3) is 3.87. The van der Waals surface area contributed by atoms with E-state index in [2.05, 4.69) is 64.8 Å². The van der Waals surface area contributed by atoms with Gasteiger partial charge in [-0.25, -0.2) is 29.9 Å². The van der Waals surface area contributed by atoms with Gasteiger partial charge in [0.15, 0.2) is 11.6 Å². The van der Waals surface area contributed by atoms with Gasteiger partial charge < -0.3 is 4.57 Å². The van der Waals surface area contributed by atoms with E-state index in [1.807, 2.05) is 58.0 Å². The fraction of sp³-hybridized carbons (Fsp3) is 0.138. The molecule has 0 fully saturated rings. The van der Waals surface area contributed by atoms with Crippen LogP contribution in [0.3, 0.4) is 0 Å². The lowest BCUT2D eigenvalue weighted by molar-refractivity contribution is 0.926. The molecule has 178 valence electrons. The second kappa shape index (κ2) is 8.57. The standard InChI is InChI=1S/C29H22N8/c1-16-31-17(2)34-28(33-16)21-10-12-23-22-7-5-6-8-25(22)37(27(23)14-21)26-13-20(15-30)9-11-24(26)29-35-18(3)32-19(4)36-29/h5-14H,1-4H3. The minimum atomic E-state index is 0.548. The molecule has 0 amide bonds. The summed E-state index contributed by atoms with van der Waals surface area (Å²) in [5.74, 6) is 3.82. The number of benzene rings is 3. The highest BCUT2D eigenvalue weighted by Gasteiger charge is 2.19. The first kappa shape index (κ1) is 22.4. The first-order valence-electron chi connectivity index (χ1n) is 11.9. The van der Waals surface area contributed by atoms with Crippen molar-refractivity contribution in [3.05, 3.63) is 89.5 Å². The van der Waals surface area contributed by atoms with E-state index in [0.29, 0.717) is 40.5 Å². The summed E-state index contributed by atoms with van der Waals surface area (Å²) in [5, 5.41) is 11.9. The molecule has 0 saturated carbocycles. The molecule has 0 spiro atoms.